The van der Waals surface area contributed by atoms with Crippen molar-refractivity contribution in [3.05, 3.63) is 48.5 Å². The molecule has 0 aliphatic carbocycles. The number of imidazole rings is 1. The molecule has 106 valence electrons. The molecule has 0 amide bonds. The average Bonchev–Trinajstić information content (AvgIpc) is 3.16. The first-order chi connectivity index (χ1) is 10.3. The van der Waals surface area contributed by atoms with Crippen molar-refractivity contribution in [3.8, 4) is 11.4 Å². The minimum Gasteiger partial charge on any atom is -0.371 e. The van der Waals surface area contributed by atoms with Gasteiger partial charge in [-0.2, -0.15) is 0 Å². The average molecular weight is 277 g/mol. The molecular formula is C18H19N3. The zero-order valence-electron chi connectivity index (χ0n) is 12.3. The molecule has 3 heteroatoms. The highest BCUT2D eigenvalue weighted by molar-refractivity contribution is 5.84. The number of nitrogens with zero attached hydrogens (tertiary/aromatic N) is 3. The zero-order valence-corrected chi connectivity index (χ0v) is 12.3. The molecule has 1 aromatic heterocycles. The second kappa shape index (κ2) is 4.92. The lowest BCUT2D eigenvalue weighted by Crippen LogP contribution is -2.17. The Balaban J connectivity index is 1.82. The molecule has 0 atom stereocenters. The van der Waals surface area contributed by atoms with Crippen molar-refractivity contribution >= 4 is 16.7 Å². The van der Waals surface area contributed by atoms with Crippen LogP contribution in [-0.2, 0) is 7.05 Å². The number of rotatable bonds is 2. The van der Waals surface area contributed by atoms with E-state index >= 15 is 0 Å². The third kappa shape index (κ3) is 2.09. The lowest BCUT2D eigenvalue weighted by atomic mass is 10.2. The van der Waals surface area contributed by atoms with E-state index in [4.69, 9.17) is 4.98 Å². The highest BCUT2D eigenvalue weighted by Gasteiger charge is 2.15. The van der Waals surface area contributed by atoms with Crippen LogP contribution in [0, 0.1) is 0 Å². The molecule has 1 saturated heterocycles. The summed E-state index contributed by atoms with van der Waals surface area (Å²) in [6.07, 6.45) is 2.60. The zero-order chi connectivity index (χ0) is 14.2. The van der Waals surface area contributed by atoms with Gasteiger partial charge in [0.05, 0.1) is 11.0 Å². The molecule has 2 aromatic carbocycles. The van der Waals surface area contributed by atoms with Gasteiger partial charge in [-0.1, -0.05) is 30.3 Å². The van der Waals surface area contributed by atoms with Crippen molar-refractivity contribution in [2.24, 2.45) is 7.05 Å². The van der Waals surface area contributed by atoms with Crippen LogP contribution in [0.2, 0.25) is 0 Å². The molecule has 1 aliphatic heterocycles. The quantitative estimate of drug-likeness (QED) is 0.709. The summed E-state index contributed by atoms with van der Waals surface area (Å²) >= 11 is 0. The Morgan fingerprint density at radius 3 is 2.48 bits per heavy atom. The van der Waals surface area contributed by atoms with Gasteiger partial charge in [-0.25, -0.2) is 4.98 Å². The molecule has 3 nitrogen and oxygen atoms in total. The molecular weight excluding hydrogens is 258 g/mol. The summed E-state index contributed by atoms with van der Waals surface area (Å²) in [7, 11) is 2.09. The van der Waals surface area contributed by atoms with Gasteiger partial charge < -0.3 is 9.47 Å². The van der Waals surface area contributed by atoms with Crippen molar-refractivity contribution in [2.75, 3.05) is 18.0 Å². The van der Waals surface area contributed by atoms with Gasteiger partial charge in [-0.3, -0.25) is 0 Å². The summed E-state index contributed by atoms with van der Waals surface area (Å²) in [6.45, 7) is 2.34. The minimum atomic E-state index is 1.03. The van der Waals surface area contributed by atoms with E-state index in [9.17, 15) is 0 Å². The van der Waals surface area contributed by atoms with E-state index in [-0.39, 0.29) is 0 Å². The first kappa shape index (κ1) is 12.5. The van der Waals surface area contributed by atoms with Crippen LogP contribution in [0.15, 0.2) is 48.5 Å². The first-order valence-corrected chi connectivity index (χ1v) is 7.60. The van der Waals surface area contributed by atoms with Crippen LogP contribution in [0.1, 0.15) is 12.8 Å². The summed E-state index contributed by atoms with van der Waals surface area (Å²) in [5.74, 6) is 1.03. The monoisotopic (exact) mass is 277 g/mol. The normalized spacial score (nSPS) is 15.0. The van der Waals surface area contributed by atoms with Crippen molar-refractivity contribution in [3.63, 3.8) is 0 Å². The van der Waals surface area contributed by atoms with Crippen LogP contribution in [0.3, 0.4) is 0 Å². The number of aromatic nitrogens is 2. The third-order valence-corrected chi connectivity index (χ3v) is 4.37. The van der Waals surface area contributed by atoms with Gasteiger partial charge in [-0.15, -0.1) is 0 Å². The van der Waals surface area contributed by atoms with Crippen molar-refractivity contribution in [1.29, 1.82) is 0 Å². The van der Waals surface area contributed by atoms with E-state index in [0.29, 0.717) is 0 Å². The van der Waals surface area contributed by atoms with Gasteiger partial charge in [0.25, 0.3) is 0 Å². The molecule has 1 aliphatic rings. The van der Waals surface area contributed by atoms with Gasteiger partial charge in [0.2, 0.25) is 0 Å². The Kier molecular flexibility index (Phi) is 2.92. The van der Waals surface area contributed by atoms with Crippen molar-refractivity contribution in [2.45, 2.75) is 12.8 Å². The molecule has 0 spiro atoms. The summed E-state index contributed by atoms with van der Waals surface area (Å²) in [5.41, 5.74) is 4.74. The third-order valence-electron chi connectivity index (χ3n) is 4.37. The SMILES string of the molecule is Cn1c(-c2ccccc2)nc2cc(N3CCCC3)ccc21. The van der Waals surface area contributed by atoms with Gasteiger partial charge in [0, 0.05) is 31.4 Å². The summed E-state index contributed by atoms with van der Waals surface area (Å²) in [5, 5.41) is 0. The number of anilines is 1. The maximum Gasteiger partial charge on any atom is 0.140 e. The van der Waals surface area contributed by atoms with Crippen LogP contribution < -0.4 is 4.90 Å². The fourth-order valence-corrected chi connectivity index (χ4v) is 3.21. The highest BCUT2D eigenvalue weighted by atomic mass is 15.1. The molecule has 0 unspecified atom stereocenters. The number of hydrogen-bond acceptors (Lipinski definition) is 2. The van der Waals surface area contributed by atoms with Crippen molar-refractivity contribution < 1.29 is 0 Å². The standard InChI is InChI=1S/C18H19N3/c1-20-17-10-9-15(21-11-5-6-12-21)13-16(17)19-18(20)14-7-3-2-4-8-14/h2-4,7-10,13H,5-6,11-12H2,1H3. The molecule has 2 heterocycles. The maximum absolute atomic E-state index is 4.85. The lowest BCUT2D eigenvalue weighted by Gasteiger charge is -2.17. The van der Waals surface area contributed by atoms with E-state index in [1.54, 1.807) is 0 Å². The fourth-order valence-electron chi connectivity index (χ4n) is 3.21. The molecule has 0 N–H and O–H groups in total. The largest absolute Gasteiger partial charge is 0.371 e. The predicted molar refractivity (Wildman–Crippen MR) is 87.6 cm³/mol. The van der Waals surface area contributed by atoms with E-state index in [1.807, 2.05) is 6.07 Å². The molecule has 0 bridgehead atoms. The van der Waals surface area contributed by atoms with Crippen LogP contribution in [0.4, 0.5) is 5.69 Å². The smallest absolute Gasteiger partial charge is 0.140 e. The second-order valence-electron chi connectivity index (χ2n) is 5.73. The summed E-state index contributed by atoms with van der Waals surface area (Å²) in [6, 6.07) is 17.0. The van der Waals surface area contributed by atoms with Gasteiger partial charge >= 0.3 is 0 Å². The number of fused-ring (bicyclic) bond motifs is 1. The Morgan fingerprint density at radius 1 is 0.952 bits per heavy atom. The number of aryl methyl sites for hydroxylation is 1. The summed E-state index contributed by atoms with van der Waals surface area (Å²) < 4.78 is 2.18. The minimum absolute atomic E-state index is 1.03. The summed E-state index contributed by atoms with van der Waals surface area (Å²) in [4.78, 5) is 7.31. The lowest BCUT2D eigenvalue weighted by molar-refractivity contribution is 0.949. The topological polar surface area (TPSA) is 21.1 Å². The van der Waals surface area contributed by atoms with Gasteiger partial charge in [0.1, 0.15) is 5.82 Å². The second-order valence-corrected chi connectivity index (χ2v) is 5.73. The van der Waals surface area contributed by atoms with Crippen LogP contribution in [0.25, 0.3) is 22.4 Å². The number of hydrogen-bond donors (Lipinski definition) is 0. The highest BCUT2D eigenvalue weighted by Crippen LogP contribution is 2.28. The van der Waals surface area contributed by atoms with Crippen LogP contribution >= 0.6 is 0 Å². The van der Waals surface area contributed by atoms with Gasteiger partial charge in [0.15, 0.2) is 0 Å². The Labute approximate surface area is 124 Å². The molecule has 0 saturated carbocycles. The molecule has 21 heavy (non-hydrogen) atoms. The Morgan fingerprint density at radius 2 is 1.71 bits per heavy atom. The van der Waals surface area contributed by atoms with Crippen LogP contribution in [0.5, 0.6) is 0 Å². The molecule has 1 fully saturated rings. The molecule has 0 radical (unpaired) electrons. The Hall–Kier alpha value is -2.29. The first-order valence-electron chi connectivity index (χ1n) is 7.60. The molecule has 3 aromatic rings. The van der Waals surface area contributed by atoms with Gasteiger partial charge in [-0.05, 0) is 31.0 Å². The fraction of sp³-hybridized carbons (Fsp3) is 0.278. The Bertz CT molecular complexity index is 768. The van der Waals surface area contributed by atoms with E-state index in [0.717, 1.165) is 11.3 Å². The van der Waals surface area contributed by atoms with Crippen LogP contribution in [-0.4, -0.2) is 22.6 Å². The predicted octanol–water partition coefficient (Wildman–Crippen LogP) is 3.84. The number of benzene rings is 2. The van der Waals surface area contributed by atoms with E-state index in [1.165, 1.54) is 42.7 Å². The molecule has 4 rings (SSSR count). The van der Waals surface area contributed by atoms with Crippen molar-refractivity contribution in [1.82, 2.24) is 9.55 Å². The van der Waals surface area contributed by atoms with E-state index in [2.05, 4.69) is 59.0 Å². The van der Waals surface area contributed by atoms with E-state index < -0.39 is 0 Å². The maximum atomic E-state index is 4.85.